The summed E-state index contributed by atoms with van der Waals surface area (Å²) in [5.74, 6) is 0.137. The van der Waals surface area contributed by atoms with Gasteiger partial charge in [-0.15, -0.1) is 0 Å². The molecule has 0 atom stereocenters. The topological polar surface area (TPSA) is 102 Å². The monoisotopic (exact) mass is 416 g/mol. The summed E-state index contributed by atoms with van der Waals surface area (Å²) in [7, 11) is 0. The van der Waals surface area contributed by atoms with Gasteiger partial charge in [0.25, 0.3) is 0 Å². The Labute approximate surface area is 137 Å². The SMILES string of the molecule is Cc1c(Cl)ncnc1Oc1c(I)cc(C#N)cc1[N+](=O)[O-]. The van der Waals surface area contributed by atoms with Gasteiger partial charge in [0, 0.05) is 11.6 Å². The van der Waals surface area contributed by atoms with Crippen LogP contribution in [0.4, 0.5) is 5.69 Å². The fraction of sp³-hybridized carbons (Fsp3) is 0.0833. The molecule has 1 aromatic heterocycles. The minimum atomic E-state index is -0.615. The van der Waals surface area contributed by atoms with E-state index < -0.39 is 4.92 Å². The predicted octanol–water partition coefficient (Wildman–Crippen LogP) is 3.62. The quantitative estimate of drug-likeness (QED) is 0.328. The maximum Gasteiger partial charge on any atom is 0.314 e. The standard InChI is InChI=1S/C12H6ClIN4O3/c1-6-11(13)16-5-17-12(6)21-10-8(14)2-7(4-15)3-9(10)18(19)20/h2-3,5H,1H3. The van der Waals surface area contributed by atoms with Crippen LogP contribution in [0, 0.1) is 31.9 Å². The van der Waals surface area contributed by atoms with Crippen molar-refractivity contribution in [1.82, 2.24) is 9.97 Å². The minimum Gasteiger partial charge on any atom is -0.430 e. The molecule has 0 aliphatic rings. The van der Waals surface area contributed by atoms with Crippen LogP contribution < -0.4 is 4.74 Å². The smallest absolute Gasteiger partial charge is 0.314 e. The number of hydrogen-bond acceptors (Lipinski definition) is 6. The van der Waals surface area contributed by atoms with Gasteiger partial charge in [-0.25, -0.2) is 9.97 Å². The first-order valence-electron chi connectivity index (χ1n) is 5.47. The molecule has 0 unspecified atom stereocenters. The third kappa shape index (κ3) is 3.20. The number of halogens is 2. The summed E-state index contributed by atoms with van der Waals surface area (Å²) in [6.07, 6.45) is 1.20. The maximum atomic E-state index is 11.1. The molecule has 0 N–H and O–H groups in total. The number of hydrogen-bond donors (Lipinski definition) is 0. The van der Waals surface area contributed by atoms with E-state index in [0.29, 0.717) is 9.13 Å². The third-order valence-corrected chi connectivity index (χ3v) is 3.71. The van der Waals surface area contributed by atoms with E-state index in [2.05, 4.69) is 9.97 Å². The first-order chi connectivity index (χ1) is 9.93. The molecule has 7 nitrogen and oxygen atoms in total. The van der Waals surface area contributed by atoms with Crippen molar-refractivity contribution in [2.45, 2.75) is 6.92 Å². The molecule has 1 heterocycles. The van der Waals surface area contributed by atoms with Crippen LogP contribution >= 0.6 is 34.2 Å². The van der Waals surface area contributed by atoms with Gasteiger partial charge >= 0.3 is 5.69 Å². The number of benzene rings is 1. The zero-order valence-corrected chi connectivity index (χ0v) is 13.4. The van der Waals surface area contributed by atoms with Gasteiger partial charge in [-0.1, -0.05) is 11.6 Å². The number of nitrogens with zero attached hydrogens (tertiary/aromatic N) is 4. The molecule has 0 radical (unpaired) electrons. The van der Waals surface area contributed by atoms with Crippen molar-refractivity contribution in [3.05, 3.63) is 48.4 Å². The second kappa shape index (κ2) is 6.19. The lowest BCUT2D eigenvalue weighted by Gasteiger charge is -2.10. The molecule has 0 bridgehead atoms. The average molecular weight is 417 g/mol. The normalized spacial score (nSPS) is 10.0. The van der Waals surface area contributed by atoms with E-state index in [0.717, 1.165) is 6.07 Å². The Bertz CT molecular complexity index is 776. The van der Waals surface area contributed by atoms with Crippen molar-refractivity contribution < 1.29 is 9.66 Å². The van der Waals surface area contributed by atoms with E-state index in [1.807, 2.05) is 28.7 Å². The Balaban J connectivity index is 2.56. The fourth-order valence-corrected chi connectivity index (χ4v) is 2.34. The third-order valence-electron chi connectivity index (χ3n) is 2.52. The van der Waals surface area contributed by atoms with E-state index in [9.17, 15) is 10.1 Å². The van der Waals surface area contributed by atoms with Crippen molar-refractivity contribution in [2.24, 2.45) is 0 Å². The van der Waals surface area contributed by atoms with E-state index >= 15 is 0 Å². The minimum absolute atomic E-state index is 0.0115. The first-order valence-corrected chi connectivity index (χ1v) is 6.92. The molecule has 9 heteroatoms. The van der Waals surface area contributed by atoms with Crippen LogP contribution in [0.1, 0.15) is 11.1 Å². The molecule has 0 saturated carbocycles. The van der Waals surface area contributed by atoms with Crippen molar-refractivity contribution in [3.8, 4) is 17.7 Å². The van der Waals surface area contributed by atoms with E-state index in [-0.39, 0.29) is 28.0 Å². The van der Waals surface area contributed by atoms with Crippen LogP contribution in [0.5, 0.6) is 11.6 Å². The number of nitriles is 1. The number of rotatable bonds is 3. The van der Waals surface area contributed by atoms with Crippen LogP contribution in [-0.4, -0.2) is 14.9 Å². The Kier molecular flexibility index (Phi) is 4.54. The maximum absolute atomic E-state index is 11.1. The lowest BCUT2D eigenvalue weighted by atomic mass is 10.2. The van der Waals surface area contributed by atoms with Crippen molar-refractivity contribution >= 4 is 39.9 Å². The van der Waals surface area contributed by atoms with Gasteiger partial charge in [-0.05, 0) is 35.6 Å². The van der Waals surface area contributed by atoms with Gasteiger partial charge in [0.05, 0.1) is 20.1 Å². The van der Waals surface area contributed by atoms with E-state index in [1.165, 1.54) is 12.4 Å². The zero-order chi connectivity index (χ0) is 15.6. The van der Waals surface area contributed by atoms with Crippen LogP contribution in [0.25, 0.3) is 0 Å². The molecule has 0 fully saturated rings. The van der Waals surface area contributed by atoms with Crippen LogP contribution in [0.3, 0.4) is 0 Å². The number of ether oxygens (including phenoxy) is 1. The van der Waals surface area contributed by atoms with E-state index in [4.69, 9.17) is 21.6 Å². The highest BCUT2D eigenvalue weighted by Crippen LogP contribution is 2.37. The predicted molar refractivity (Wildman–Crippen MR) is 82.4 cm³/mol. The Morgan fingerprint density at radius 2 is 2.19 bits per heavy atom. The highest BCUT2D eigenvalue weighted by Gasteiger charge is 2.22. The van der Waals surface area contributed by atoms with Crippen molar-refractivity contribution in [3.63, 3.8) is 0 Å². The lowest BCUT2D eigenvalue weighted by Crippen LogP contribution is -2.00. The van der Waals surface area contributed by atoms with Gasteiger partial charge in [-0.2, -0.15) is 5.26 Å². The summed E-state index contributed by atoms with van der Waals surface area (Å²) in [4.78, 5) is 18.2. The highest BCUT2D eigenvalue weighted by atomic mass is 127. The Hall–Kier alpha value is -1.99. The van der Waals surface area contributed by atoms with Crippen LogP contribution in [0.2, 0.25) is 5.15 Å². The summed E-state index contributed by atoms with van der Waals surface area (Å²) in [6, 6.07) is 4.50. The summed E-state index contributed by atoms with van der Waals surface area (Å²) in [5, 5.41) is 20.2. The number of nitro groups is 1. The molecule has 0 spiro atoms. The molecule has 21 heavy (non-hydrogen) atoms. The molecule has 106 valence electrons. The van der Waals surface area contributed by atoms with Gasteiger partial charge in [0.15, 0.2) is 0 Å². The largest absolute Gasteiger partial charge is 0.430 e. The second-order valence-corrected chi connectivity index (χ2v) is 5.39. The molecular formula is C12H6ClIN4O3. The molecule has 0 aliphatic heterocycles. The average Bonchev–Trinajstić information content (AvgIpc) is 2.45. The van der Waals surface area contributed by atoms with Gasteiger partial charge in [-0.3, -0.25) is 10.1 Å². The molecule has 2 rings (SSSR count). The zero-order valence-electron chi connectivity index (χ0n) is 10.5. The highest BCUT2D eigenvalue weighted by molar-refractivity contribution is 14.1. The van der Waals surface area contributed by atoms with Gasteiger partial charge < -0.3 is 4.74 Å². The number of nitro benzene ring substituents is 1. The summed E-state index contributed by atoms with van der Waals surface area (Å²) < 4.78 is 5.94. The van der Waals surface area contributed by atoms with Gasteiger partial charge in [0.2, 0.25) is 11.6 Å². The van der Waals surface area contributed by atoms with Crippen molar-refractivity contribution in [2.75, 3.05) is 0 Å². The van der Waals surface area contributed by atoms with Crippen LogP contribution in [-0.2, 0) is 0 Å². The lowest BCUT2D eigenvalue weighted by molar-refractivity contribution is -0.385. The molecule has 1 aromatic carbocycles. The Morgan fingerprint density at radius 3 is 2.81 bits per heavy atom. The molecular weight excluding hydrogens is 411 g/mol. The fourth-order valence-electron chi connectivity index (χ4n) is 1.49. The van der Waals surface area contributed by atoms with Crippen LogP contribution in [0.15, 0.2) is 18.5 Å². The summed E-state index contributed by atoms with van der Waals surface area (Å²) >= 11 is 7.72. The molecule has 0 saturated heterocycles. The first kappa shape index (κ1) is 15.4. The number of aromatic nitrogens is 2. The van der Waals surface area contributed by atoms with Crippen molar-refractivity contribution in [1.29, 1.82) is 5.26 Å². The Morgan fingerprint density at radius 1 is 1.48 bits per heavy atom. The molecule has 0 aliphatic carbocycles. The molecule has 2 aromatic rings. The summed E-state index contributed by atoms with van der Waals surface area (Å²) in [5.41, 5.74) is 0.331. The van der Waals surface area contributed by atoms with E-state index in [1.54, 1.807) is 6.92 Å². The summed E-state index contributed by atoms with van der Waals surface area (Å²) in [6.45, 7) is 1.64. The second-order valence-electron chi connectivity index (χ2n) is 3.87. The molecule has 0 amide bonds. The van der Waals surface area contributed by atoms with Gasteiger partial charge in [0.1, 0.15) is 11.5 Å².